The molecule has 1 N–H and O–H groups in total. The van der Waals surface area contributed by atoms with E-state index in [0.717, 1.165) is 89.8 Å². The van der Waals surface area contributed by atoms with Gasteiger partial charge < -0.3 is 28.8 Å². The summed E-state index contributed by atoms with van der Waals surface area (Å²) in [6, 6.07) is 3.96. The SMILES string of the molecule is c1coc(CCNC(=NCC2CCCCO2)N2CCC(OCC3CCCO3)CC2)c1. The number of likely N-dealkylation sites (tertiary alicyclic amines) is 1. The van der Waals surface area contributed by atoms with Crippen molar-refractivity contribution in [2.24, 2.45) is 4.99 Å². The summed E-state index contributed by atoms with van der Waals surface area (Å²) in [4.78, 5) is 7.31. The number of rotatable bonds is 8. The number of nitrogens with one attached hydrogen (secondary N) is 1. The predicted octanol–water partition coefficient (Wildman–Crippen LogP) is 3.00. The Morgan fingerprint density at radius 1 is 1.07 bits per heavy atom. The molecule has 3 aliphatic heterocycles. The maximum atomic E-state index is 6.14. The van der Waals surface area contributed by atoms with Crippen LogP contribution >= 0.6 is 0 Å². The number of hydrogen-bond donors (Lipinski definition) is 1. The fourth-order valence-electron chi connectivity index (χ4n) is 4.41. The van der Waals surface area contributed by atoms with Crippen LogP contribution in [0.15, 0.2) is 27.8 Å². The zero-order valence-electron chi connectivity index (χ0n) is 18.1. The second kappa shape index (κ2) is 11.7. The average Bonchev–Trinajstić information content (AvgIpc) is 3.50. The number of piperidine rings is 1. The fraction of sp³-hybridized carbons (Fsp3) is 0.783. The highest BCUT2D eigenvalue weighted by molar-refractivity contribution is 5.80. The number of aliphatic imine (C=N–C) groups is 1. The molecule has 0 amide bonds. The monoisotopic (exact) mass is 419 g/mol. The zero-order valence-corrected chi connectivity index (χ0v) is 18.1. The first-order chi connectivity index (χ1) is 14.9. The minimum atomic E-state index is 0.257. The number of ether oxygens (including phenoxy) is 3. The molecule has 0 bridgehead atoms. The molecule has 1 aromatic heterocycles. The standard InChI is InChI=1S/C23H37N3O4/c1-2-14-28-21(5-1)17-25-23(24-11-8-19-6-3-15-27-19)26-12-9-20(10-13-26)30-18-22-7-4-16-29-22/h3,6,15,20-22H,1-2,4-5,7-14,16-18H2,(H,24,25). The summed E-state index contributed by atoms with van der Waals surface area (Å²) in [5, 5.41) is 3.56. The zero-order chi connectivity index (χ0) is 20.4. The molecule has 4 heterocycles. The molecule has 30 heavy (non-hydrogen) atoms. The third-order valence-electron chi connectivity index (χ3n) is 6.24. The van der Waals surface area contributed by atoms with E-state index >= 15 is 0 Å². The van der Waals surface area contributed by atoms with Crippen molar-refractivity contribution in [1.82, 2.24) is 10.2 Å². The molecular formula is C23H37N3O4. The second-order valence-corrected chi connectivity index (χ2v) is 8.56. The lowest BCUT2D eigenvalue weighted by atomic mass is 10.1. The summed E-state index contributed by atoms with van der Waals surface area (Å²) in [5.41, 5.74) is 0. The van der Waals surface area contributed by atoms with Gasteiger partial charge in [0.05, 0.1) is 37.7 Å². The summed E-state index contributed by atoms with van der Waals surface area (Å²) in [6.07, 6.45) is 11.4. The third kappa shape index (κ3) is 6.72. The van der Waals surface area contributed by atoms with Crippen LogP contribution in [0.3, 0.4) is 0 Å². The predicted molar refractivity (Wildman–Crippen MR) is 116 cm³/mol. The summed E-state index contributed by atoms with van der Waals surface area (Å²) in [6.45, 7) is 5.98. The van der Waals surface area contributed by atoms with Crippen molar-refractivity contribution in [3.05, 3.63) is 24.2 Å². The molecular weight excluding hydrogens is 382 g/mol. The van der Waals surface area contributed by atoms with Crippen LogP contribution in [-0.2, 0) is 20.6 Å². The number of guanidine groups is 1. The number of furan rings is 1. The maximum absolute atomic E-state index is 6.14. The third-order valence-corrected chi connectivity index (χ3v) is 6.24. The first-order valence-electron chi connectivity index (χ1n) is 11.8. The Morgan fingerprint density at radius 2 is 1.90 bits per heavy atom. The Balaban J connectivity index is 1.25. The second-order valence-electron chi connectivity index (χ2n) is 8.56. The minimum Gasteiger partial charge on any atom is -0.469 e. The van der Waals surface area contributed by atoms with Crippen LogP contribution in [0.5, 0.6) is 0 Å². The highest BCUT2D eigenvalue weighted by Crippen LogP contribution is 2.18. The van der Waals surface area contributed by atoms with Gasteiger partial charge in [0, 0.05) is 39.3 Å². The van der Waals surface area contributed by atoms with E-state index in [1.165, 1.54) is 19.3 Å². The average molecular weight is 420 g/mol. The van der Waals surface area contributed by atoms with Gasteiger partial charge in [-0.2, -0.15) is 0 Å². The lowest BCUT2D eigenvalue weighted by Gasteiger charge is -2.35. The van der Waals surface area contributed by atoms with Gasteiger partial charge >= 0.3 is 0 Å². The molecule has 3 fully saturated rings. The van der Waals surface area contributed by atoms with Crippen molar-refractivity contribution in [1.29, 1.82) is 0 Å². The molecule has 0 radical (unpaired) electrons. The van der Waals surface area contributed by atoms with Crippen molar-refractivity contribution in [2.75, 3.05) is 46.0 Å². The van der Waals surface area contributed by atoms with E-state index in [2.05, 4.69) is 10.2 Å². The van der Waals surface area contributed by atoms with Gasteiger partial charge in [-0.05, 0) is 57.1 Å². The Bertz CT molecular complexity index is 616. The lowest BCUT2D eigenvalue weighted by molar-refractivity contribution is -0.0367. The van der Waals surface area contributed by atoms with Crippen LogP contribution < -0.4 is 5.32 Å². The first kappa shape index (κ1) is 21.7. The van der Waals surface area contributed by atoms with Crippen molar-refractivity contribution in [3.8, 4) is 0 Å². The van der Waals surface area contributed by atoms with E-state index in [9.17, 15) is 0 Å². The van der Waals surface area contributed by atoms with Crippen LogP contribution in [0.4, 0.5) is 0 Å². The number of hydrogen-bond acceptors (Lipinski definition) is 5. The summed E-state index contributed by atoms with van der Waals surface area (Å²) in [5.74, 6) is 1.99. The summed E-state index contributed by atoms with van der Waals surface area (Å²) >= 11 is 0. The van der Waals surface area contributed by atoms with Crippen LogP contribution in [-0.4, -0.2) is 75.2 Å². The molecule has 3 aliphatic rings. The quantitative estimate of drug-likeness (QED) is 0.516. The molecule has 7 heteroatoms. The topological polar surface area (TPSA) is 68.5 Å². The van der Waals surface area contributed by atoms with Gasteiger partial charge in [-0.15, -0.1) is 0 Å². The lowest BCUT2D eigenvalue weighted by Crippen LogP contribution is -2.48. The molecule has 1 aromatic rings. The van der Waals surface area contributed by atoms with Gasteiger partial charge in [-0.25, -0.2) is 0 Å². The smallest absolute Gasteiger partial charge is 0.194 e. The van der Waals surface area contributed by atoms with Crippen LogP contribution in [0.1, 0.15) is 50.7 Å². The van der Waals surface area contributed by atoms with E-state index in [0.29, 0.717) is 12.2 Å². The first-order valence-corrected chi connectivity index (χ1v) is 11.8. The minimum absolute atomic E-state index is 0.257. The maximum Gasteiger partial charge on any atom is 0.194 e. The number of nitrogens with zero attached hydrogens (tertiary/aromatic N) is 2. The highest BCUT2D eigenvalue weighted by Gasteiger charge is 2.24. The molecule has 7 nitrogen and oxygen atoms in total. The van der Waals surface area contributed by atoms with Gasteiger partial charge in [-0.1, -0.05) is 0 Å². The fourth-order valence-corrected chi connectivity index (χ4v) is 4.41. The van der Waals surface area contributed by atoms with Gasteiger partial charge in [0.25, 0.3) is 0 Å². The van der Waals surface area contributed by atoms with Gasteiger partial charge in [-0.3, -0.25) is 4.99 Å². The molecule has 0 aliphatic carbocycles. The van der Waals surface area contributed by atoms with Crippen molar-refractivity contribution >= 4 is 5.96 Å². The molecule has 2 unspecified atom stereocenters. The van der Waals surface area contributed by atoms with Crippen LogP contribution in [0, 0.1) is 0 Å². The Kier molecular flexibility index (Phi) is 8.46. The van der Waals surface area contributed by atoms with Crippen molar-refractivity contribution in [3.63, 3.8) is 0 Å². The van der Waals surface area contributed by atoms with E-state index in [4.69, 9.17) is 23.6 Å². The normalized spacial score (nSPS) is 26.3. The van der Waals surface area contributed by atoms with E-state index in [1.807, 2.05) is 12.1 Å². The highest BCUT2D eigenvalue weighted by atomic mass is 16.5. The van der Waals surface area contributed by atoms with E-state index < -0.39 is 0 Å². The van der Waals surface area contributed by atoms with Gasteiger partial charge in [0.2, 0.25) is 0 Å². The van der Waals surface area contributed by atoms with Crippen molar-refractivity contribution < 1.29 is 18.6 Å². The molecule has 3 saturated heterocycles. The van der Waals surface area contributed by atoms with Crippen LogP contribution in [0.25, 0.3) is 0 Å². The Labute approximate surface area is 180 Å². The largest absolute Gasteiger partial charge is 0.469 e. The molecule has 0 saturated carbocycles. The van der Waals surface area contributed by atoms with Crippen molar-refractivity contribution in [2.45, 2.75) is 69.7 Å². The summed E-state index contributed by atoms with van der Waals surface area (Å²) < 4.78 is 23.2. The Morgan fingerprint density at radius 3 is 2.63 bits per heavy atom. The van der Waals surface area contributed by atoms with E-state index in [-0.39, 0.29) is 6.10 Å². The van der Waals surface area contributed by atoms with Gasteiger partial charge in [0.1, 0.15) is 5.76 Å². The van der Waals surface area contributed by atoms with E-state index in [1.54, 1.807) is 6.26 Å². The molecule has 0 aromatic carbocycles. The molecule has 4 rings (SSSR count). The molecule has 168 valence electrons. The molecule has 2 atom stereocenters. The van der Waals surface area contributed by atoms with Gasteiger partial charge in [0.15, 0.2) is 5.96 Å². The summed E-state index contributed by atoms with van der Waals surface area (Å²) in [7, 11) is 0. The molecule has 0 spiro atoms. The van der Waals surface area contributed by atoms with Crippen LogP contribution in [0.2, 0.25) is 0 Å². The Hall–Kier alpha value is -1.57.